The number of amides is 1. The van der Waals surface area contributed by atoms with Crippen molar-refractivity contribution in [1.82, 2.24) is 5.32 Å². The minimum atomic E-state index is -0.520. The second-order valence-corrected chi connectivity index (χ2v) is 5.72. The predicted octanol–water partition coefficient (Wildman–Crippen LogP) is 3.45. The van der Waals surface area contributed by atoms with Gasteiger partial charge in [0.15, 0.2) is 0 Å². The molecule has 1 aromatic rings. The maximum absolute atomic E-state index is 11.8. The van der Waals surface area contributed by atoms with E-state index in [1.165, 1.54) is 0 Å². The molecule has 1 amide bonds. The molecule has 0 saturated heterocycles. The van der Waals surface area contributed by atoms with Crippen LogP contribution in [0.15, 0.2) is 18.2 Å². The summed E-state index contributed by atoms with van der Waals surface area (Å²) in [5, 5.41) is 6.40. The van der Waals surface area contributed by atoms with Crippen LogP contribution in [-0.4, -0.2) is 25.3 Å². The number of carbonyl (C=O) groups is 1. The number of benzene rings is 1. The zero-order chi connectivity index (χ0) is 14.5. The van der Waals surface area contributed by atoms with Crippen LogP contribution in [0, 0.1) is 0 Å². The van der Waals surface area contributed by atoms with Crippen molar-refractivity contribution in [1.29, 1.82) is 0 Å². The Kier molecular flexibility index (Phi) is 5.63. The molecule has 0 heterocycles. The first-order valence-corrected chi connectivity index (χ1v) is 6.62. The molecule has 0 aliphatic carbocycles. The van der Waals surface area contributed by atoms with Gasteiger partial charge in [0.2, 0.25) is 0 Å². The maximum Gasteiger partial charge on any atom is 0.412 e. The summed E-state index contributed by atoms with van der Waals surface area (Å²) >= 11 is 5.96. The van der Waals surface area contributed by atoms with E-state index in [1.807, 2.05) is 40.0 Å². The van der Waals surface area contributed by atoms with Crippen molar-refractivity contribution in [3.63, 3.8) is 0 Å². The summed E-state index contributed by atoms with van der Waals surface area (Å²) in [7, 11) is 1.89. The monoisotopic (exact) mass is 284 g/mol. The van der Waals surface area contributed by atoms with Crippen molar-refractivity contribution < 1.29 is 9.53 Å². The molecule has 0 fully saturated rings. The first-order chi connectivity index (χ1) is 8.81. The summed E-state index contributed by atoms with van der Waals surface area (Å²) in [5.41, 5.74) is 1.19. The lowest BCUT2D eigenvalue weighted by atomic mass is 10.1. The number of ether oxygens (including phenoxy) is 1. The number of hydrogen-bond donors (Lipinski definition) is 2. The van der Waals surface area contributed by atoms with Gasteiger partial charge in [-0.05, 0) is 58.5 Å². The van der Waals surface area contributed by atoms with E-state index in [1.54, 1.807) is 6.07 Å². The first kappa shape index (κ1) is 15.8. The van der Waals surface area contributed by atoms with Crippen LogP contribution < -0.4 is 10.6 Å². The van der Waals surface area contributed by atoms with E-state index >= 15 is 0 Å². The molecule has 2 N–H and O–H groups in total. The fourth-order valence-electron chi connectivity index (χ4n) is 1.56. The molecule has 0 saturated carbocycles. The molecule has 1 rings (SSSR count). The summed E-state index contributed by atoms with van der Waals surface area (Å²) in [6.07, 6.45) is 0.333. The van der Waals surface area contributed by atoms with E-state index in [-0.39, 0.29) is 0 Å². The van der Waals surface area contributed by atoms with Crippen molar-refractivity contribution in [3.8, 4) is 0 Å². The molecule has 106 valence electrons. The molecule has 19 heavy (non-hydrogen) atoms. The molecular formula is C14H21ClN2O2. The predicted molar refractivity (Wildman–Crippen MR) is 78.9 cm³/mol. The summed E-state index contributed by atoms with van der Waals surface area (Å²) in [6.45, 7) is 6.30. The molecule has 0 unspecified atom stereocenters. The number of likely N-dealkylation sites (N-methyl/N-ethyl adjacent to an activating group) is 1. The van der Waals surface area contributed by atoms with Crippen LogP contribution in [-0.2, 0) is 11.2 Å². The normalized spacial score (nSPS) is 11.2. The second kappa shape index (κ2) is 6.78. The van der Waals surface area contributed by atoms with Gasteiger partial charge in [0.1, 0.15) is 5.60 Å². The number of rotatable bonds is 4. The van der Waals surface area contributed by atoms with Crippen LogP contribution in [0.4, 0.5) is 10.5 Å². The SMILES string of the molecule is CNCCc1ccc(Cl)cc1NC(=O)OC(C)(C)C. The molecule has 4 nitrogen and oxygen atoms in total. The van der Waals surface area contributed by atoms with Gasteiger partial charge in [-0.25, -0.2) is 4.79 Å². The van der Waals surface area contributed by atoms with Crippen LogP contribution in [0.2, 0.25) is 5.02 Å². The Bertz CT molecular complexity index is 442. The zero-order valence-electron chi connectivity index (χ0n) is 11.8. The molecule has 5 heteroatoms. The molecule has 1 aromatic carbocycles. The quantitative estimate of drug-likeness (QED) is 0.890. The number of hydrogen-bond acceptors (Lipinski definition) is 3. The van der Waals surface area contributed by atoms with Gasteiger partial charge in [-0.3, -0.25) is 5.32 Å². The molecule has 0 aromatic heterocycles. The van der Waals surface area contributed by atoms with Crippen LogP contribution in [0.25, 0.3) is 0 Å². The molecular weight excluding hydrogens is 264 g/mol. The van der Waals surface area contributed by atoms with Crippen molar-refractivity contribution in [2.75, 3.05) is 18.9 Å². The van der Waals surface area contributed by atoms with Gasteiger partial charge in [-0.15, -0.1) is 0 Å². The van der Waals surface area contributed by atoms with Gasteiger partial charge in [-0.2, -0.15) is 0 Å². The Hall–Kier alpha value is -1.26. The van der Waals surface area contributed by atoms with Gasteiger partial charge in [0.05, 0.1) is 0 Å². The second-order valence-electron chi connectivity index (χ2n) is 5.28. The number of carbonyl (C=O) groups excluding carboxylic acids is 1. The number of halogens is 1. The fraction of sp³-hybridized carbons (Fsp3) is 0.500. The van der Waals surface area contributed by atoms with Crippen molar-refractivity contribution in [2.45, 2.75) is 32.8 Å². The van der Waals surface area contributed by atoms with Gasteiger partial charge in [0, 0.05) is 10.7 Å². The summed E-state index contributed by atoms with van der Waals surface area (Å²) < 4.78 is 5.23. The third-order valence-electron chi connectivity index (χ3n) is 2.35. The highest BCUT2D eigenvalue weighted by Crippen LogP contribution is 2.22. The zero-order valence-corrected chi connectivity index (χ0v) is 12.6. The third kappa shape index (κ3) is 5.94. The minimum absolute atomic E-state index is 0.472. The lowest BCUT2D eigenvalue weighted by molar-refractivity contribution is 0.0636. The van der Waals surface area contributed by atoms with Crippen molar-refractivity contribution in [2.24, 2.45) is 0 Å². The van der Waals surface area contributed by atoms with Crippen molar-refractivity contribution in [3.05, 3.63) is 28.8 Å². The minimum Gasteiger partial charge on any atom is -0.444 e. The van der Waals surface area contributed by atoms with Crippen LogP contribution >= 0.6 is 11.6 Å². The Labute approximate surface area is 119 Å². The Balaban J connectivity index is 2.80. The number of anilines is 1. The Morgan fingerprint density at radius 2 is 2.05 bits per heavy atom. The van der Waals surface area contributed by atoms with Gasteiger partial charge < -0.3 is 10.1 Å². The van der Waals surface area contributed by atoms with Gasteiger partial charge in [0.25, 0.3) is 0 Å². The summed E-state index contributed by atoms with van der Waals surface area (Å²) in [6, 6.07) is 5.45. The van der Waals surface area contributed by atoms with Crippen LogP contribution in [0.1, 0.15) is 26.3 Å². The smallest absolute Gasteiger partial charge is 0.412 e. The summed E-state index contributed by atoms with van der Waals surface area (Å²) in [4.78, 5) is 11.8. The average Bonchev–Trinajstić information content (AvgIpc) is 2.25. The number of nitrogens with one attached hydrogen (secondary N) is 2. The highest BCUT2D eigenvalue weighted by atomic mass is 35.5. The standard InChI is InChI=1S/C14H21ClN2O2/c1-14(2,3)19-13(18)17-12-9-11(15)6-5-10(12)7-8-16-4/h5-6,9,16H,7-8H2,1-4H3,(H,17,18). The van der Waals surface area contributed by atoms with Gasteiger partial charge in [-0.1, -0.05) is 17.7 Å². The Morgan fingerprint density at radius 1 is 1.37 bits per heavy atom. The highest BCUT2D eigenvalue weighted by Gasteiger charge is 2.17. The fourth-order valence-corrected chi connectivity index (χ4v) is 1.73. The van der Waals surface area contributed by atoms with E-state index in [0.717, 1.165) is 18.5 Å². The average molecular weight is 285 g/mol. The van der Waals surface area contributed by atoms with Crippen LogP contribution in [0.3, 0.4) is 0 Å². The largest absolute Gasteiger partial charge is 0.444 e. The molecule has 0 atom stereocenters. The lowest BCUT2D eigenvalue weighted by Crippen LogP contribution is -2.27. The highest BCUT2D eigenvalue weighted by molar-refractivity contribution is 6.31. The van der Waals surface area contributed by atoms with Crippen molar-refractivity contribution >= 4 is 23.4 Å². The maximum atomic E-state index is 11.8. The molecule has 0 bridgehead atoms. The van der Waals surface area contributed by atoms with E-state index in [0.29, 0.717) is 10.7 Å². The van der Waals surface area contributed by atoms with Crippen LogP contribution in [0.5, 0.6) is 0 Å². The van der Waals surface area contributed by atoms with E-state index in [2.05, 4.69) is 10.6 Å². The topological polar surface area (TPSA) is 50.4 Å². The van der Waals surface area contributed by atoms with E-state index < -0.39 is 11.7 Å². The third-order valence-corrected chi connectivity index (χ3v) is 2.59. The van der Waals surface area contributed by atoms with E-state index in [4.69, 9.17) is 16.3 Å². The van der Waals surface area contributed by atoms with E-state index in [9.17, 15) is 4.79 Å². The Morgan fingerprint density at radius 3 is 2.63 bits per heavy atom. The first-order valence-electron chi connectivity index (χ1n) is 6.25. The van der Waals surface area contributed by atoms with Gasteiger partial charge >= 0.3 is 6.09 Å². The summed E-state index contributed by atoms with van der Waals surface area (Å²) in [5.74, 6) is 0. The molecule has 0 aliphatic heterocycles. The molecule has 0 radical (unpaired) electrons. The lowest BCUT2D eigenvalue weighted by Gasteiger charge is -2.20. The molecule has 0 aliphatic rings. The molecule has 0 spiro atoms.